The van der Waals surface area contributed by atoms with Crippen LogP contribution in [0.15, 0.2) is 17.6 Å². The average molecular weight is 264 g/mol. The SMILES string of the molecule is Cc1cc(C)n(CC(C)C(=O)Nc2nccs2)n1. The molecule has 2 rings (SSSR count). The van der Waals surface area contributed by atoms with Crippen molar-refractivity contribution in [1.29, 1.82) is 0 Å². The van der Waals surface area contributed by atoms with Crippen LogP contribution in [0.4, 0.5) is 5.13 Å². The van der Waals surface area contributed by atoms with Gasteiger partial charge in [0, 0.05) is 17.3 Å². The van der Waals surface area contributed by atoms with Gasteiger partial charge in [0.05, 0.1) is 18.2 Å². The molecule has 2 heterocycles. The maximum Gasteiger partial charge on any atom is 0.230 e. The average Bonchev–Trinajstić information content (AvgIpc) is 2.89. The number of nitrogens with one attached hydrogen (secondary N) is 1. The van der Waals surface area contributed by atoms with Gasteiger partial charge in [0.2, 0.25) is 5.91 Å². The zero-order chi connectivity index (χ0) is 13.1. The summed E-state index contributed by atoms with van der Waals surface area (Å²) < 4.78 is 1.86. The fourth-order valence-corrected chi connectivity index (χ4v) is 2.25. The van der Waals surface area contributed by atoms with Crippen LogP contribution in [0.1, 0.15) is 18.3 Å². The van der Waals surface area contributed by atoms with Crippen molar-refractivity contribution in [3.05, 3.63) is 29.0 Å². The Morgan fingerprint density at radius 1 is 1.56 bits per heavy atom. The molecule has 0 aromatic carbocycles. The van der Waals surface area contributed by atoms with E-state index in [0.717, 1.165) is 11.4 Å². The minimum absolute atomic E-state index is 0.0301. The summed E-state index contributed by atoms with van der Waals surface area (Å²) >= 11 is 1.42. The minimum Gasteiger partial charge on any atom is -0.302 e. The van der Waals surface area contributed by atoms with Crippen LogP contribution in [-0.2, 0) is 11.3 Å². The number of rotatable bonds is 4. The molecule has 0 spiro atoms. The molecule has 0 aliphatic rings. The van der Waals surface area contributed by atoms with Gasteiger partial charge in [-0.05, 0) is 19.9 Å². The van der Waals surface area contributed by atoms with Gasteiger partial charge < -0.3 is 5.32 Å². The fraction of sp³-hybridized carbons (Fsp3) is 0.417. The molecule has 2 aromatic rings. The molecule has 0 saturated carbocycles. The zero-order valence-corrected chi connectivity index (χ0v) is 11.5. The van der Waals surface area contributed by atoms with Crippen LogP contribution in [-0.4, -0.2) is 20.7 Å². The molecule has 0 aliphatic carbocycles. The monoisotopic (exact) mass is 264 g/mol. The van der Waals surface area contributed by atoms with E-state index in [0.29, 0.717) is 11.7 Å². The molecule has 1 unspecified atom stereocenters. The van der Waals surface area contributed by atoms with Crippen molar-refractivity contribution in [3.63, 3.8) is 0 Å². The van der Waals surface area contributed by atoms with Gasteiger partial charge in [0.1, 0.15) is 0 Å². The molecular weight excluding hydrogens is 248 g/mol. The van der Waals surface area contributed by atoms with E-state index < -0.39 is 0 Å². The Morgan fingerprint density at radius 2 is 2.33 bits per heavy atom. The van der Waals surface area contributed by atoms with Gasteiger partial charge >= 0.3 is 0 Å². The van der Waals surface area contributed by atoms with Crippen molar-refractivity contribution >= 4 is 22.4 Å². The van der Waals surface area contributed by atoms with E-state index >= 15 is 0 Å². The lowest BCUT2D eigenvalue weighted by molar-refractivity contribution is -0.119. The van der Waals surface area contributed by atoms with Crippen LogP contribution in [0.5, 0.6) is 0 Å². The highest BCUT2D eigenvalue weighted by molar-refractivity contribution is 7.13. The summed E-state index contributed by atoms with van der Waals surface area (Å²) in [7, 11) is 0. The van der Waals surface area contributed by atoms with Crippen LogP contribution in [0.3, 0.4) is 0 Å². The van der Waals surface area contributed by atoms with Gasteiger partial charge in [0.25, 0.3) is 0 Å². The molecule has 0 aliphatic heterocycles. The number of carbonyl (C=O) groups is 1. The number of thiazole rings is 1. The minimum atomic E-state index is -0.146. The highest BCUT2D eigenvalue weighted by Crippen LogP contribution is 2.13. The van der Waals surface area contributed by atoms with E-state index in [1.54, 1.807) is 6.20 Å². The molecule has 5 nitrogen and oxygen atoms in total. The smallest absolute Gasteiger partial charge is 0.230 e. The third-order valence-electron chi connectivity index (χ3n) is 2.66. The summed E-state index contributed by atoms with van der Waals surface area (Å²) in [6.07, 6.45) is 1.67. The van der Waals surface area contributed by atoms with E-state index in [1.807, 2.05) is 36.9 Å². The lowest BCUT2D eigenvalue weighted by Gasteiger charge is -2.12. The van der Waals surface area contributed by atoms with Gasteiger partial charge in [-0.1, -0.05) is 6.92 Å². The predicted molar refractivity (Wildman–Crippen MR) is 71.6 cm³/mol. The van der Waals surface area contributed by atoms with Crippen LogP contribution in [0, 0.1) is 19.8 Å². The first-order valence-corrected chi connectivity index (χ1v) is 6.65. The molecule has 0 radical (unpaired) electrons. The largest absolute Gasteiger partial charge is 0.302 e. The predicted octanol–water partition coefficient (Wildman–Crippen LogP) is 2.23. The summed E-state index contributed by atoms with van der Waals surface area (Å²) in [4.78, 5) is 16.0. The maximum absolute atomic E-state index is 11.9. The van der Waals surface area contributed by atoms with E-state index in [4.69, 9.17) is 0 Å². The normalized spacial score (nSPS) is 12.4. The molecule has 18 heavy (non-hydrogen) atoms. The number of hydrogen-bond acceptors (Lipinski definition) is 4. The molecule has 0 fully saturated rings. The van der Waals surface area contributed by atoms with Crippen molar-refractivity contribution < 1.29 is 4.79 Å². The molecular formula is C12H16N4OS. The topological polar surface area (TPSA) is 59.8 Å². The lowest BCUT2D eigenvalue weighted by atomic mass is 10.1. The van der Waals surface area contributed by atoms with Gasteiger partial charge in [-0.3, -0.25) is 9.48 Å². The first-order chi connectivity index (χ1) is 8.56. The number of hydrogen-bond donors (Lipinski definition) is 1. The van der Waals surface area contributed by atoms with E-state index in [-0.39, 0.29) is 11.8 Å². The van der Waals surface area contributed by atoms with E-state index in [2.05, 4.69) is 15.4 Å². The summed E-state index contributed by atoms with van der Waals surface area (Å²) in [5, 5.41) is 9.62. The number of aryl methyl sites for hydroxylation is 2. The van der Waals surface area contributed by atoms with Crippen LogP contribution in [0.2, 0.25) is 0 Å². The number of aromatic nitrogens is 3. The Labute approximate surface area is 110 Å². The Balaban J connectivity index is 1.97. The second-order valence-corrected chi connectivity index (χ2v) is 5.23. The first kappa shape index (κ1) is 12.8. The molecule has 0 bridgehead atoms. The number of nitrogens with zero attached hydrogens (tertiary/aromatic N) is 3. The Hall–Kier alpha value is -1.69. The van der Waals surface area contributed by atoms with Crippen LogP contribution in [0.25, 0.3) is 0 Å². The van der Waals surface area contributed by atoms with Crippen molar-refractivity contribution in [1.82, 2.24) is 14.8 Å². The summed E-state index contributed by atoms with van der Waals surface area (Å²) in [5.74, 6) is -0.176. The molecule has 0 saturated heterocycles. The van der Waals surface area contributed by atoms with Gasteiger partial charge in [-0.15, -0.1) is 11.3 Å². The second-order valence-electron chi connectivity index (χ2n) is 4.34. The quantitative estimate of drug-likeness (QED) is 0.921. The number of amides is 1. The third-order valence-corrected chi connectivity index (χ3v) is 3.35. The van der Waals surface area contributed by atoms with Crippen molar-refractivity contribution in [2.75, 3.05) is 5.32 Å². The first-order valence-electron chi connectivity index (χ1n) is 5.77. The van der Waals surface area contributed by atoms with Gasteiger partial charge in [-0.25, -0.2) is 4.98 Å². The molecule has 96 valence electrons. The van der Waals surface area contributed by atoms with Gasteiger partial charge in [0.15, 0.2) is 5.13 Å². The van der Waals surface area contributed by atoms with Crippen LogP contribution >= 0.6 is 11.3 Å². The number of carbonyl (C=O) groups excluding carboxylic acids is 1. The summed E-state index contributed by atoms with van der Waals surface area (Å²) in [5.41, 5.74) is 2.04. The molecule has 1 amide bonds. The summed E-state index contributed by atoms with van der Waals surface area (Å²) in [6, 6.07) is 2.01. The Kier molecular flexibility index (Phi) is 3.76. The molecule has 1 N–H and O–H groups in total. The third kappa shape index (κ3) is 2.95. The standard InChI is InChI=1S/C12H16N4OS/c1-8(7-16-10(3)6-9(2)15-16)11(17)14-12-13-4-5-18-12/h4-6,8H,7H2,1-3H3,(H,13,14,17). The molecule has 2 aromatic heterocycles. The van der Waals surface area contributed by atoms with E-state index in [1.165, 1.54) is 11.3 Å². The fourth-order valence-electron chi connectivity index (χ4n) is 1.72. The molecule has 6 heteroatoms. The number of anilines is 1. The summed E-state index contributed by atoms with van der Waals surface area (Å²) in [6.45, 7) is 6.41. The highest BCUT2D eigenvalue weighted by atomic mass is 32.1. The van der Waals surface area contributed by atoms with Crippen molar-refractivity contribution in [2.45, 2.75) is 27.3 Å². The lowest BCUT2D eigenvalue weighted by Crippen LogP contribution is -2.25. The van der Waals surface area contributed by atoms with Crippen molar-refractivity contribution in [3.8, 4) is 0 Å². The Morgan fingerprint density at radius 3 is 2.89 bits per heavy atom. The zero-order valence-electron chi connectivity index (χ0n) is 10.7. The molecule has 1 atom stereocenters. The Bertz CT molecular complexity index is 532. The van der Waals surface area contributed by atoms with Crippen LogP contribution < -0.4 is 5.32 Å². The van der Waals surface area contributed by atoms with Gasteiger partial charge in [-0.2, -0.15) is 5.10 Å². The van der Waals surface area contributed by atoms with E-state index in [9.17, 15) is 4.79 Å². The maximum atomic E-state index is 11.9. The van der Waals surface area contributed by atoms with Crippen molar-refractivity contribution in [2.24, 2.45) is 5.92 Å². The second kappa shape index (κ2) is 5.30. The highest BCUT2D eigenvalue weighted by Gasteiger charge is 2.16.